The predicted octanol–water partition coefficient (Wildman–Crippen LogP) is 2.44. The van der Waals surface area contributed by atoms with Gasteiger partial charge in [-0.25, -0.2) is 0 Å². The van der Waals surface area contributed by atoms with E-state index in [2.05, 4.69) is 10.6 Å². The Bertz CT molecular complexity index is 453. The Balaban J connectivity index is 2.49. The van der Waals surface area contributed by atoms with Crippen LogP contribution < -0.4 is 10.6 Å². The van der Waals surface area contributed by atoms with Crippen LogP contribution in [0.25, 0.3) is 0 Å². The molecule has 18 heavy (non-hydrogen) atoms. The first-order valence-electron chi connectivity index (χ1n) is 5.63. The second kappa shape index (κ2) is 5.87. The van der Waals surface area contributed by atoms with E-state index in [0.717, 1.165) is 0 Å². The molecule has 0 spiro atoms. The van der Waals surface area contributed by atoms with Gasteiger partial charge in [-0.1, -0.05) is 44.5 Å². The van der Waals surface area contributed by atoms with E-state index in [-0.39, 0.29) is 18.4 Å². The lowest BCUT2D eigenvalue weighted by Gasteiger charge is -2.17. The summed E-state index contributed by atoms with van der Waals surface area (Å²) in [6, 6.07) is 6.94. The van der Waals surface area contributed by atoms with Crippen molar-refractivity contribution >= 4 is 29.1 Å². The maximum absolute atomic E-state index is 11.6. The number of halogens is 1. The number of hydrogen-bond acceptors (Lipinski definition) is 2. The SMILES string of the molecule is CC(C)(C)C(=O)NCC(=O)Nc1ccccc1Cl. The number of hydrogen-bond donors (Lipinski definition) is 2. The highest BCUT2D eigenvalue weighted by Crippen LogP contribution is 2.20. The minimum absolute atomic E-state index is 0.0681. The first kappa shape index (κ1) is 14.5. The molecule has 1 aromatic carbocycles. The van der Waals surface area contributed by atoms with Gasteiger partial charge in [-0.05, 0) is 12.1 Å². The van der Waals surface area contributed by atoms with Crippen LogP contribution in [0.4, 0.5) is 5.69 Å². The topological polar surface area (TPSA) is 58.2 Å². The molecule has 98 valence electrons. The molecule has 0 aromatic heterocycles. The summed E-state index contributed by atoms with van der Waals surface area (Å²) in [5, 5.41) is 5.67. The molecule has 0 aliphatic heterocycles. The second-order valence-electron chi connectivity index (χ2n) is 4.96. The van der Waals surface area contributed by atoms with E-state index >= 15 is 0 Å². The maximum Gasteiger partial charge on any atom is 0.243 e. The highest BCUT2D eigenvalue weighted by atomic mass is 35.5. The standard InChI is InChI=1S/C13H17ClN2O2/c1-13(2,3)12(18)15-8-11(17)16-10-7-5-4-6-9(10)14/h4-7H,8H2,1-3H3,(H,15,18)(H,16,17). The fourth-order valence-electron chi connectivity index (χ4n) is 1.18. The Kier molecular flexibility index (Phi) is 4.73. The van der Waals surface area contributed by atoms with Gasteiger partial charge in [0.25, 0.3) is 0 Å². The molecule has 0 aliphatic carbocycles. The van der Waals surface area contributed by atoms with E-state index in [1.165, 1.54) is 0 Å². The van der Waals surface area contributed by atoms with Crippen molar-refractivity contribution in [3.63, 3.8) is 0 Å². The van der Waals surface area contributed by atoms with E-state index in [1.807, 2.05) is 0 Å². The Morgan fingerprint density at radius 3 is 2.39 bits per heavy atom. The Morgan fingerprint density at radius 1 is 1.22 bits per heavy atom. The van der Waals surface area contributed by atoms with E-state index < -0.39 is 5.41 Å². The molecule has 0 aliphatic rings. The molecule has 1 aromatic rings. The van der Waals surface area contributed by atoms with Crippen molar-refractivity contribution in [3.8, 4) is 0 Å². The van der Waals surface area contributed by atoms with E-state index in [9.17, 15) is 9.59 Å². The zero-order chi connectivity index (χ0) is 13.8. The fourth-order valence-corrected chi connectivity index (χ4v) is 1.37. The third-order valence-corrected chi connectivity index (χ3v) is 2.57. The van der Waals surface area contributed by atoms with Crippen LogP contribution >= 0.6 is 11.6 Å². The van der Waals surface area contributed by atoms with E-state index in [4.69, 9.17) is 11.6 Å². The number of carbonyl (C=O) groups is 2. The monoisotopic (exact) mass is 268 g/mol. The number of carbonyl (C=O) groups excluding carboxylic acids is 2. The summed E-state index contributed by atoms with van der Waals surface area (Å²) in [5.41, 5.74) is 0.0270. The molecule has 0 heterocycles. The Labute approximate surface area is 112 Å². The molecule has 0 saturated heterocycles. The summed E-state index contributed by atoms with van der Waals surface area (Å²) in [4.78, 5) is 23.2. The van der Waals surface area contributed by atoms with Gasteiger partial charge in [0.15, 0.2) is 0 Å². The van der Waals surface area contributed by atoms with Crippen LogP contribution in [0.1, 0.15) is 20.8 Å². The molecule has 0 fully saturated rings. The number of benzene rings is 1. The van der Waals surface area contributed by atoms with Gasteiger partial charge in [0.05, 0.1) is 17.3 Å². The molecule has 2 amide bonds. The zero-order valence-electron chi connectivity index (χ0n) is 10.7. The molecular formula is C13H17ClN2O2. The smallest absolute Gasteiger partial charge is 0.243 e. The maximum atomic E-state index is 11.6. The largest absolute Gasteiger partial charge is 0.347 e. The number of amides is 2. The van der Waals surface area contributed by atoms with Gasteiger partial charge in [0.2, 0.25) is 11.8 Å². The lowest BCUT2D eigenvalue weighted by Crippen LogP contribution is -2.39. The van der Waals surface area contributed by atoms with E-state index in [1.54, 1.807) is 45.0 Å². The molecule has 5 heteroatoms. The fraction of sp³-hybridized carbons (Fsp3) is 0.385. The molecule has 2 N–H and O–H groups in total. The first-order chi connectivity index (χ1) is 8.30. The van der Waals surface area contributed by atoms with Gasteiger partial charge in [-0.15, -0.1) is 0 Å². The molecule has 4 nitrogen and oxygen atoms in total. The molecule has 1 rings (SSSR count). The number of para-hydroxylation sites is 1. The summed E-state index contributed by atoms with van der Waals surface area (Å²) in [6.45, 7) is 5.29. The number of nitrogens with one attached hydrogen (secondary N) is 2. The Hall–Kier alpha value is -1.55. The van der Waals surface area contributed by atoms with Crippen LogP contribution in [0.15, 0.2) is 24.3 Å². The molecule has 0 unspecified atom stereocenters. The van der Waals surface area contributed by atoms with Crippen LogP contribution in [-0.2, 0) is 9.59 Å². The zero-order valence-corrected chi connectivity index (χ0v) is 11.5. The third-order valence-electron chi connectivity index (χ3n) is 2.24. The lowest BCUT2D eigenvalue weighted by molar-refractivity contribution is -0.130. The minimum Gasteiger partial charge on any atom is -0.347 e. The van der Waals surface area contributed by atoms with Gasteiger partial charge < -0.3 is 10.6 Å². The predicted molar refractivity (Wildman–Crippen MR) is 72.5 cm³/mol. The Morgan fingerprint density at radius 2 is 1.83 bits per heavy atom. The van der Waals surface area contributed by atoms with Crippen molar-refractivity contribution in [2.75, 3.05) is 11.9 Å². The third kappa shape index (κ3) is 4.37. The molecule has 0 atom stereocenters. The summed E-state index contributed by atoms with van der Waals surface area (Å²) in [6.07, 6.45) is 0. The van der Waals surface area contributed by atoms with Gasteiger partial charge >= 0.3 is 0 Å². The number of anilines is 1. The van der Waals surface area contributed by atoms with Crippen molar-refractivity contribution in [2.24, 2.45) is 5.41 Å². The minimum atomic E-state index is -0.509. The van der Waals surface area contributed by atoms with Gasteiger partial charge in [-0.2, -0.15) is 0 Å². The van der Waals surface area contributed by atoms with Crippen molar-refractivity contribution in [3.05, 3.63) is 29.3 Å². The van der Waals surface area contributed by atoms with Crippen LogP contribution in [0.5, 0.6) is 0 Å². The second-order valence-corrected chi connectivity index (χ2v) is 5.37. The summed E-state index contributed by atoms with van der Waals surface area (Å²) in [7, 11) is 0. The molecule has 0 radical (unpaired) electrons. The highest BCUT2D eigenvalue weighted by Gasteiger charge is 2.21. The first-order valence-corrected chi connectivity index (χ1v) is 6.01. The average Bonchev–Trinajstić information content (AvgIpc) is 2.27. The lowest BCUT2D eigenvalue weighted by atomic mass is 9.96. The summed E-state index contributed by atoms with van der Waals surface area (Å²) in [5.74, 6) is -0.475. The average molecular weight is 269 g/mol. The summed E-state index contributed by atoms with van der Waals surface area (Å²) < 4.78 is 0. The van der Waals surface area contributed by atoms with Crippen molar-refractivity contribution < 1.29 is 9.59 Å². The van der Waals surface area contributed by atoms with Crippen molar-refractivity contribution in [2.45, 2.75) is 20.8 Å². The normalized spacial score (nSPS) is 10.9. The van der Waals surface area contributed by atoms with Crippen molar-refractivity contribution in [1.29, 1.82) is 0 Å². The van der Waals surface area contributed by atoms with Crippen LogP contribution in [0.3, 0.4) is 0 Å². The van der Waals surface area contributed by atoms with Crippen LogP contribution in [0, 0.1) is 5.41 Å². The quantitative estimate of drug-likeness (QED) is 0.885. The van der Waals surface area contributed by atoms with Gasteiger partial charge in [0, 0.05) is 5.41 Å². The van der Waals surface area contributed by atoms with Gasteiger partial charge in [-0.3, -0.25) is 9.59 Å². The van der Waals surface area contributed by atoms with E-state index in [0.29, 0.717) is 10.7 Å². The molecule has 0 saturated carbocycles. The summed E-state index contributed by atoms with van der Waals surface area (Å²) >= 11 is 5.90. The van der Waals surface area contributed by atoms with Crippen molar-refractivity contribution in [1.82, 2.24) is 5.32 Å². The number of rotatable bonds is 3. The molecule has 0 bridgehead atoms. The van der Waals surface area contributed by atoms with Crippen LogP contribution in [0.2, 0.25) is 5.02 Å². The van der Waals surface area contributed by atoms with Gasteiger partial charge in [0.1, 0.15) is 0 Å². The van der Waals surface area contributed by atoms with Crippen LogP contribution in [-0.4, -0.2) is 18.4 Å². The highest BCUT2D eigenvalue weighted by molar-refractivity contribution is 6.33. The molecular weight excluding hydrogens is 252 g/mol.